The van der Waals surface area contributed by atoms with Crippen molar-refractivity contribution in [1.29, 1.82) is 0 Å². The number of para-hydroxylation sites is 1. The highest BCUT2D eigenvalue weighted by Gasteiger charge is 2.29. The maximum Gasteiger partial charge on any atom is 0.263 e. The van der Waals surface area contributed by atoms with Gasteiger partial charge in [-0.3, -0.25) is 9.59 Å². The molecule has 0 bridgehead atoms. The normalized spacial score (nSPS) is 14.8. The number of nitrogens with one attached hydrogen (secondary N) is 1. The third-order valence-corrected chi connectivity index (χ3v) is 4.33. The molecular formula is C18H21N3O3. The number of aromatic amines is 1. The SMILES string of the molecule is CC[C@@H](Oc1ccccc1C)C(=O)N1CCc2c(nc[nH]c2=O)C1. The third kappa shape index (κ3) is 3.18. The predicted molar refractivity (Wildman–Crippen MR) is 89.9 cm³/mol. The van der Waals surface area contributed by atoms with Gasteiger partial charge >= 0.3 is 0 Å². The summed E-state index contributed by atoms with van der Waals surface area (Å²) < 4.78 is 5.94. The van der Waals surface area contributed by atoms with Crippen molar-refractivity contribution in [3.63, 3.8) is 0 Å². The molecule has 2 aromatic rings. The van der Waals surface area contributed by atoms with Gasteiger partial charge in [0.2, 0.25) is 0 Å². The Kier molecular flexibility index (Phi) is 4.64. The Labute approximate surface area is 140 Å². The maximum absolute atomic E-state index is 12.8. The summed E-state index contributed by atoms with van der Waals surface area (Å²) in [6.07, 6.45) is 1.95. The Morgan fingerprint density at radius 1 is 1.42 bits per heavy atom. The van der Waals surface area contributed by atoms with E-state index in [9.17, 15) is 9.59 Å². The summed E-state index contributed by atoms with van der Waals surface area (Å²) >= 11 is 0. The van der Waals surface area contributed by atoms with Crippen molar-refractivity contribution in [2.24, 2.45) is 0 Å². The van der Waals surface area contributed by atoms with Crippen molar-refractivity contribution < 1.29 is 9.53 Å². The number of nitrogens with zero attached hydrogens (tertiary/aromatic N) is 2. The summed E-state index contributed by atoms with van der Waals surface area (Å²) in [5.41, 5.74) is 2.23. The minimum absolute atomic E-state index is 0.0616. The third-order valence-electron chi connectivity index (χ3n) is 4.33. The van der Waals surface area contributed by atoms with E-state index in [1.54, 1.807) is 4.90 Å². The first kappa shape index (κ1) is 16.2. The molecule has 1 amide bonds. The van der Waals surface area contributed by atoms with Crippen LogP contribution in [0.25, 0.3) is 0 Å². The van der Waals surface area contributed by atoms with Gasteiger partial charge in [-0.1, -0.05) is 25.1 Å². The summed E-state index contributed by atoms with van der Waals surface area (Å²) in [7, 11) is 0. The van der Waals surface area contributed by atoms with Crippen molar-refractivity contribution in [2.45, 2.75) is 39.3 Å². The maximum atomic E-state index is 12.8. The number of hydrogen-bond donors (Lipinski definition) is 1. The summed E-state index contributed by atoms with van der Waals surface area (Å²) in [6.45, 7) is 4.75. The highest BCUT2D eigenvalue weighted by Crippen LogP contribution is 2.21. The number of ether oxygens (including phenoxy) is 1. The van der Waals surface area contributed by atoms with Crippen LogP contribution >= 0.6 is 0 Å². The molecule has 1 N–H and O–H groups in total. The number of amides is 1. The van der Waals surface area contributed by atoms with Crippen LogP contribution in [0, 0.1) is 6.92 Å². The Morgan fingerprint density at radius 2 is 2.21 bits per heavy atom. The molecule has 1 aromatic carbocycles. The second-order valence-electron chi connectivity index (χ2n) is 5.95. The fourth-order valence-electron chi connectivity index (χ4n) is 2.91. The molecule has 0 fully saturated rings. The van der Waals surface area contributed by atoms with Crippen LogP contribution in [0.15, 0.2) is 35.4 Å². The van der Waals surface area contributed by atoms with E-state index in [-0.39, 0.29) is 11.5 Å². The molecule has 0 saturated heterocycles. The van der Waals surface area contributed by atoms with E-state index in [1.165, 1.54) is 6.33 Å². The molecule has 1 aliphatic heterocycles. The van der Waals surface area contributed by atoms with Crippen LogP contribution in [0.4, 0.5) is 0 Å². The first-order valence-electron chi connectivity index (χ1n) is 8.16. The fraction of sp³-hybridized carbons (Fsp3) is 0.389. The number of fused-ring (bicyclic) bond motifs is 1. The molecule has 1 aliphatic rings. The molecule has 6 nitrogen and oxygen atoms in total. The second kappa shape index (κ2) is 6.86. The largest absolute Gasteiger partial charge is 0.480 e. The number of aryl methyl sites for hydroxylation is 1. The number of hydrogen-bond acceptors (Lipinski definition) is 4. The molecule has 1 aromatic heterocycles. The van der Waals surface area contributed by atoms with Gasteiger partial charge in [0.1, 0.15) is 5.75 Å². The average molecular weight is 327 g/mol. The lowest BCUT2D eigenvalue weighted by Crippen LogP contribution is -2.45. The molecule has 0 aliphatic carbocycles. The molecule has 6 heteroatoms. The molecule has 2 heterocycles. The molecule has 1 atom stereocenters. The molecule has 0 saturated carbocycles. The highest BCUT2D eigenvalue weighted by molar-refractivity contribution is 5.81. The number of aromatic nitrogens is 2. The minimum atomic E-state index is -0.533. The van der Waals surface area contributed by atoms with Gasteiger partial charge in [0.05, 0.1) is 18.6 Å². The van der Waals surface area contributed by atoms with Crippen molar-refractivity contribution in [3.05, 3.63) is 57.8 Å². The predicted octanol–water partition coefficient (Wildman–Crippen LogP) is 1.82. The summed E-state index contributed by atoms with van der Waals surface area (Å²) in [4.78, 5) is 33.1. The van der Waals surface area contributed by atoms with Crippen LogP contribution in [-0.4, -0.2) is 33.4 Å². The van der Waals surface area contributed by atoms with Crippen LogP contribution in [0.2, 0.25) is 0 Å². The van der Waals surface area contributed by atoms with E-state index in [2.05, 4.69) is 9.97 Å². The average Bonchev–Trinajstić information content (AvgIpc) is 2.60. The van der Waals surface area contributed by atoms with Crippen molar-refractivity contribution in [1.82, 2.24) is 14.9 Å². The van der Waals surface area contributed by atoms with E-state index in [0.29, 0.717) is 37.2 Å². The van der Waals surface area contributed by atoms with Crippen LogP contribution in [-0.2, 0) is 17.8 Å². The van der Waals surface area contributed by atoms with E-state index in [0.717, 1.165) is 11.3 Å². The van der Waals surface area contributed by atoms with Gasteiger partial charge in [0.25, 0.3) is 11.5 Å². The quantitative estimate of drug-likeness (QED) is 0.929. The topological polar surface area (TPSA) is 75.3 Å². The number of carbonyl (C=O) groups is 1. The lowest BCUT2D eigenvalue weighted by atomic mass is 10.1. The Morgan fingerprint density at radius 3 is 2.96 bits per heavy atom. The Bertz CT molecular complexity index is 800. The van der Waals surface area contributed by atoms with E-state index >= 15 is 0 Å². The summed E-state index contributed by atoms with van der Waals surface area (Å²) in [5.74, 6) is 0.665. The van der Waals surface area contributed by atoms with Crippen molar-refractivity contribution in [2.75, 3.05) is 6.54 Å². The molecule has 24 heavy (non-hydrogen) atoms. The molecule has 126 valence electrons. The summed E-state index contributed by atoms with van der Waals surface area (Å²) in [5, 5.41) is 0. The van der Waals surface area contributed by atoms with Gasteiger partial charge in [-0.05, 0) is 31.4 Å². The first-order valence-corrected chi connectivity index (χ1v) is 8.16. The zero-order valence-corrected chi connectivity index (χ0v) is 13.9. The van der Waals surface area contributed by atoms with E-state index in [4.69, 9.17) is 4.74 Å². The van der Waals surface area contributed by atoms with Crippen LogP contribution in [0.3, 0.4) is 0 Å². The Hall–Kier alpha value is -2.63. The zero-order chi connectivity index (χ0) is 17.1. The van der Waals surface area contributed by atoms with Gasteiger partial charge in [0, 0.05) is 12.1 Å². The van der Waals surface area contributed by atoms with E-state index < -0.39 is 6.10 Å². The highest BCUT2D eigenvalue weighted by atomic mass is 16.5. The standard InChI is InChI=1S/C18H21N3O3/c1-3-15(24-16-7-5-4-6-12(16)2)18(23)21-9-8-13-14(10-21)19-11-20-17(13)22/h4-7,11,15H,3,8-10H2,1-2H3,(H,19,20,22)/t15-/m1/s1. The number of benzene rings is 1. The first-order chi connectivity index (χ1) is 11.6. The van der Waals surface area contributed by atoms with Gasteiger partial charge in [-0.25, -0.2) is 4.98 Å². The molecule has 0 unspecified atom stereocenters. The van der Waals surface area contributed by atoms with Gasteiger partial charge in [0.15, 0.2) is 6.10 Å². The molecular weight excluding hydrogens is 306 g/mol. The monoisotopic (exact) mass is 327 g/mol. The van der Waals surface area contributed by atoms with E-state index in [1.807, 2.05) is 38.1 Å². The second-order valence-corrected chi connectivity index (χ2v) is 5.95. The van der Waals surface area contributed by atoms with Crippen molar-refractivity contribution in [3.8, 4) is 5.75 Å². The summed E-state index contributed by atoms with van der Waals surface area (Å²) in [6, 6.07) is 7.67. The molecule has 3 rings (SSSR count). The van der Waals surface area contributed by atoms with Gasteiger partial charge in [-0.15, -0.1) is 0 Å². The van der Waals surface area contributed by atoms with Crippen molar-refractivity contribution >= 4 is 5.91 Å². The van der Waals surface area contributed by atoms with Gasteiger partial charge < -0.3 is 14.6 Å². The smallest absolute Gasteiger partial charge is 0.263 e. The lowest BCUT2D eigenvalue weighted by Gasteiger charge is -2.30. The van der Waals surface area contributed by atoms with Crippen LogP contribution in [0.1, 0.15) is 30.2 Å². The number of rotatable bonds is 4. The zero-order valence-electron chi connectivity index (χ0n) is 13.9. The fourth-order valence-corrected chi connectivity index (χ4v) is 2.91. The number of H-pyrrole nitrogens is 1. The minimum Gasteiger partial charge on any atom is -0.480 e. The van der Waals surface area contributed by atoms with Gasteiger partial charge in [-0.2, -0.15) is 0 Å². The number of carbonyl (C=O) groups excluding carboxylic acids is 1. The molecule has 0 spiro atoms. The van der Waals surface area contributed by atoms with Crippen LogP contribution in [0.5, 0.6) is 5.75 Å². The van der Waals surface area contributed by atoms with Crippen LogP contribution < -0.4 is 10.3 Å². The molecule has 0 radical (unpaired) electrons. The Balaban J connectivity index is 1.75. The lowest BCUT2D eigenvalue weighted by molar-refractivity contribution is -0.139.